The molecular formula is C12H11N7O2. The van der Waals surface area contributed by atoms with Crippen molar-refractivity contribution in [1.82, 2.24) is 35.5 Å². The number of para-hydroxylation sites is 1. The van der Waals surface area contributed by atoms with Crippen molar-refractivity contribution in [3.63, 3.8) is 0 Å². The van der Waals surface area contributed by atoms with Crippen LogP contribution in [0.5, 0.6) is 0 Å². The zero-order chi connectivity index (χ0) is 14.7. The number of aromatic amines is 1. The standard InChI is InChI=1S/C12H11N7O2/c20-11(13-5-10-15-17-18-16-10)6-19-7-14-9-4-2-1-3-8(9)12(19)21/h1-4,7H,5-6H2,(H,13,20)(H,15,16,17,18). The second-order valence-corrected chi connectivity index (χ2v) is 4.30. The highest BCUT2D eigenvalue weighted by Gasteiger charge is 2.08. The summed E-state index contributed by atoms with van der Waals surface area (Å²) in [4.78, 5) is 28.2. The highest BCUT2D eigenvalue weighted by Crippen LogP contribution is 2.04. The SMILES string of the molecule is O=C(Cn1cnc2ccccc2c1=O)NCc1nn[nH]n1. The number of amides is 1. The van der Waals surface area contributed by atoms with Crippen LogP contribution in [-0.4, -0.2) is 36.1 Å². The largest absolute Gasteiger partial charge is 0.347 e. The van der Waals surface area contributed by atoms with Crippen LogP contribution in [-0.2, 0) is 17.9 Å². The van der Waals surface area contributed by atoms with Crippen molar-refractivity contribution in [2.45, 2.75) is 13.1 Å². The smallest absolute Gasteiger partial charge is 0.261 e. The first-order chi connectivity index (χ1) is 10.2. The fraction of sp³-hybridized carbons (Fsp3) is 0.167. The molecule has 0 aliphatic rings. The van der Waals surface area contributed by atoms with Crippen molar-refractivity contribution >= 4 is 16.8 Å². The van der Waals surface area contributed by atoms with Crippen LogP contribution in [0.15, 0.2) is 35.4 Å². The molecule has 0 aliphatic carbocycles. The van der Waals surface area contributed by atoms with E-state index < -0.39 is 0 Å². The molecule has 9 nitrogen and oxygen atoms in total. The number of hydrogen-bond donors (Lipinski definition) is 2. The summed E-state index contributed by atoms with van der Waals surface area (Å²) in [5.74, 6) is 0.0336. The average Bonchev–Trinajstić information content (AvgIpc) is 3.02. The Morgan fingerprint density at radius 1 is 1.33 bits per heavy atom. The third kappa shape index (κ3) is 2.76. The maximum atomic E-state index is 12.2. The zero-order valence-corrected chi connectivity index (χ0v) is 10.9. The molecule has 3 rings (SSSR count). The normalized spacial score (nSPS) is 10.7. The van der Waals surface area contributed by atoms with Gasteiger partial charge in [-0.2, -0.15) is 5.21 Å². The van der Waals surface area contributed by atoms with Crippen molar-refractivity contribution < 1.29 is 4.79 Å². The summed E-state index contributed by atoms with van der Waals surface area (Å²) in [6.07, 6.45) is 1.36. The van der Waals surface area contributed by atoms with Crippen LogP contribution < -0.4 is 10.9 Å². The van der Waals surface area contributed by atoms with Crippen LogP contribution in [0.25, 0.3) is 10.9 Å². The molecule has 0 radical (unpaired) electrons. The van der Waals surface area contributed by atoms with Crippen molar-refractivity contribution in [2.24, 2.45) is 0 Å². The van der Waals surface area contributed by atoms with E-state index in [-0.39, 0.29) is 24.6 Å². The fourth-order valence-corrected chi connectivity index (χ4v) is 1.86. The first kappa shape index (κ1) is 12.9. The number of benzene rings is 1. The lowest BCUT2D eigenvalue weighted by molar-refractivity contribution is -0.121. The van der Waals surface area contributed by atoms with Gasteiger partial charge in [-0.05, 0) is 12.1 Å². The lowest BCUT2D eigenvalue weighted by Gasteiger charge is -2.06. The third-order valence-electron chi connectivity index (χ3n) is 2.88. The predicted molar refractivity (Wildman–Crippen MR) is 72.0 cm³/mol. The number of H-pyrrole nitrogens is 1. The number of rotatable bonds is 4. The maximum Gasteiger partial charge on any atom is 0.261 e. The van der Waals surface area contributed by atoms with Gasteiger partial charge < -0.3 is 5.32 Å². The van der Waals surface area contributed by atoms with Crippen molar-refractivity contribution in [3.05, 3.63) is 46.8 Å². The van der Waals surface area contributed by atoms with Gasteiger partial charge >= 0.3 is 0 Å². The molecule has 0 spiro atoms. The number of tetrazole rings is 1. The van der Waals surface area contributed by atoms with E-state index in [4.69, 9.17) is 0 Å². The molecule has 3 aromatic rings. The number of carbonyl (C=O) groups is 1. The van der Waals surface area contributed by atoms with Crippen molar-refractivity contribution in [1.29, 1.82) is 0 Å². The van der Waals surface area contributed by atoms with Gasteiger partial charge in [-0.1, -0.05) is 17.3 Å². The first-order valence-corrected chi connectivity index (χ1v) is 6.17. The molecule has 0 atom stereocenters. The maximum absolute atomic E-state index is 12.2. The zero-order valence-electron chi connectivity index (χ0n) is 10.9. The topological polar surface area (TPSA) is 118 Å². The molecule has 1 amide bonds. The van der Waals surface area contributed by atoms with Gasteiger partial charge in [-0.3, -0.25) is 14.2 Å². The quantitative estimate of drug-likeness (QED) is 0.649. The molecule has 2 N–H and O–H groups in total. The van der Waals surface area contributed by atoms with Gasteiger partial charge in [0.15, 0.2) is 5.82 Å². The molecular weight excluding hydrogens is 274 g/mol. The Morgan fingerprint density at radius 3 is 3.00 bits per heavy atom. The highest BCUT2D eigenvalue weighted by molar-refractivity contribution is 5.78. The van der Waals surface area contributed by atoms with E-state index in [9.17, 15) is 9.59 Å². The Morgan fingerprint density at radius 2 is 2.19 bits per heavy atom. The Hall–Kier alpha value is -3.10. The highest BCUT2D eigenvalue weighted by atomic mass is 16.2. The number of fused-ring (bicyclic) bond motifs is 1. The van der Waals surface area contributed by atoms with Gasteiger partial charge in [0.1, 0.15) is 6.54 Å². The number of hydrogen-bond acceptors (Lipinski definition) is 6. The number of nitrogens with zero attached hydrogens (tertiary/aromatic N) is 5. The van der Waals surface area contributed by atoms with Crippen LogP contribution in [0.2, 0.25) is 0 Å². The molecule has 2 heterocycles. The Bertz CT molecular complexity index is 825. The van der Waals surface area contributed by atoms with Crippen molar-refractivity contribution in [3.8, 4) is 0 Å². The van der Waals surface area contributed by atoms with E-state index in [0.717, 1.165) is 0 Å². The molecule has 106 valence electrons. The summed E-state index contributed by atoms with van der Waals surface area (Å²) in [6, 6.07) is 6.98. The molecule has 2 aromatic heterocycles. The molecule has 1 aromatic carbocycles. The Balaban J connectivity index is 1.74. The minimum absolute atomic E-state index is 0.117. The summed E-state index contributed by atoms with van der Waals surface area (Å²) in [5.41, 5.74) is 0.348. The Labute approximate surface area is 118 Å². The van der Waals surface area contributed by atoms with Crippen LogP contribution in [0.1, 0.15) is 5.82 Å². The van der Waals surface area contributed by atoms with Gasteiger partial charge in [0.2, 0.25) is 5.91 Å². The second kappa shape index (κ2) is 5.49. The van der Waals surface area contributed by atoms with Gasteiger partial charge in [0.25, 0.3) is 5.56 Å². The van der Waals surface area contributed by atoms with E-state index in [1.807, 2.05) is 0 Å². The summed E-state index contributed by atoms with van der Waals surface area (Å²) in [5, 5.41) is 16.2. The van der Waals surface area contributed by atoms with Crippen LogP contribution in [0.3, 0.4) is 0 Å². The van der Waals surface area contributed by atoms with Crippen LogP contribution >= 0.6 is 0 Å². The minimum atomic E-state index is -0.334. The van der Waals surface area contributed by atoms with E-state index in [2.05, 4.69) is 30.9 Å². The van der Waals surface area contributed by atoms with Gasteiger partial charge in [-0.15, -0.1) is 10.2 Å². The second-order valence-electron chi connectivity index (χ2n) is 4.30. The Kier molecular flexibility index (Phi) is 3.37. The van der Waals surface area contributed by atoms with E-state index in [1.165, 1.54) is 10.9 Å². The molecule has 0 saturated heterocycles. The van der Waals surface area contributed by atoms with E-state index >= 15 is 0 Å². The lowest BCUT2D eigenvalue weighted by atomic mass is 10.2. The van der Waals surface area contributed by atoms with Gasteiger partial charge in [0.05, 0.1) is 23.8 Å². The summed E-state index contributed by atoms with van der Waals surface area (Å²) in [6.45, 7) is 0.0274. The number of aromatic nitrogens is 6. The molecule has 0 aliphatic heterocycles. The molecule has 0 fully saturated rings. The number of carbonyl (C=O) groups excluding carboxylic acids is 1. The summed E-state index contributed by atoms with van der Waals surface area (Å²) >= 11 is 0. The lowest BCUT2D eigenvalue weighted by Crippen LogP contribution is -2.32. The third-order valence-corrected chi connectivity index (χ3v) is 2.88. The van der Waals surface area contributed by atoms with Crippen LogP contribution in [0, 0.1) is 0 Å². The average molecular weight is 285 g/mol. The number of nitrogens with one attached hydrogen (secondary N) is 2. The van der Waals surface area contributed by atoms with Crippen molar-refractivity contribution in [2.75, 3.05) is 0 Å². The minimum Gasteiger partial charge on any atom is -0.347 e. The molecule has 0 bridgehead atoms. The van der Waals surface area contributed by atoms with Crippen LogP contribution in [0.4, 0.5) is 0 Å². The molecule has 0 unspecified atom stereocenters. The first-order valence-electron chi connectivity index (χ1n) is 6.17. The van der Waals surface area contributed by atoms with E-state index in [1.54, 1.807) is 24.3 Å². The molecule has 0 saturated carbocycles. The van der Waals surface area contributed by atoms with Gasteiger partial charge in [-0.25, -0.2) is 4.98 Å². The fourth-order valence-electron chi connectivity index (χ4n) is 1.86. The van der Waals surface area contributed by atoms with Gasteiger partial charge in [0, 0.05) is 0 Å². The summed E-state index contributed by atoms with van der Waals surface area (Å²) in [7, 11) is 0. The molecule has 9 heteroatoms. The molecule has 21 heavy (non-hydrogen) atoms. The van der Waals surface area contributed by atoms with E-state index in [0.29, 0.717) is 16.7 Å². The predicted octanol–water partition coefficient (Wildman–Crippen LogP) is -0.774. The monoisotopic (exact) mass is 285 g/mol. The summed E-state index contributed by atoms with van der Waals surface area (Å²) < 4.78 is 1.26.